The molecule has 0 radical (unpaired) electrons. The molecular formula is C17H26N2O. The fourth-order valence-corrected chi connectivity index (χ4v) is 2.54. The van der Waals surface area contributed by atoms with Crippen molar-refractivity contribution in [2.24, 2.45) is 5.92 Å². The molecule has 0 saturated carbocycles. The third-order valence-electron chi connectivity index (χ3n) is 3.97. The highest BCUT2D eigenvalue weighted by atomic mass is 16.2. The number of hydrogen-bond acceptors (Lipinski definition) is 2. The molecule has 0 aromatic heterocycles. The third-order valence-corrected chi connectivity index (χ3v) is 3.97. The SMILES string of the molecule is Cc1ccc(N2CCN(C(=O)CCC(C)C)CC2)cc1. The summed E-state index contributed by atoms with van der Waals surface area (Å²) >= 11 is 0. The van der Waals surface area contributed by atoms with Gasteiger partial charge in [0.25, 0.3) is 0 Å². The number of piperazine rings is 1. The average Bonchev–Trinajstić information content (AvgIpc) is 2.46. The van der Waals surface area contributed by atoms with E-state index in [2.05, 4.69) is 49.9 Å². The first-order chi connectivity index (χ1) is 9.56. The number of amides is 1. The van der Waals surface area contributed by atoms with Crippen molar-refractivity contribution in [1.82, 2.24) is 4.90 Å². The molecule has 1 fully saturated rings. The lowest BCUT2D eigenvalue weighted by molar-refractivity contribution is -0.131. The van der Waals surface area contributed by atoms with Crippen LogP contribution in [0, 0.1) is 12.8 Å². The van der Waals surface area contributed by atoms with Crippen molar-refractivity contribution in [3.8, 4) is 0 Å². The second kappa shape index (κ2) is 6.78. The Kier molecular flexibility index (Phi) is 5.05. The van der Waals surface area contributed by atoms with E-state index in [1.165, 1.54) is 11.3 Å². The van der Waals surface area contributed by atoms with Crippen LogP contribution in [0.5, 0.6) is 0 Å². The molecule has 0 atom stereocenters. The summed E-state index contributed by atoms with van der Waals surface area (Å²) in [6.07, 6.45) is 1.69. The molecule has 2 rings (SSSR count). The maximum atomic E-state index is 12.1. The molecule has 1 heterocycles. The number of hydrogen-bond donors (Lipinski definition) is 0. The summed E-state index contributed by atoms with van der Waals surface area (Å²) in [5.74, 6) is 0.926. The predicted molar refractivity (Wildman–Crippen MR) is 84.0 cm³/mol. The first-order valence-corrected chi connectivity index (χ1v) is 7.65. The zero-order valence-electron chi connectivity index (χ0n) is 12.9. The highest BCUT2D eigenvalue weighted by Crippen LogP contribution is 2.17. The Morgan fingerprint density at radius 1 is 1.10 bits per heavy atom. The Labute approximate surface area is 122 Å². The molecular weight excluding hydrogens is 248 g/mol. The molecule has 0 aliphatic carbocycles. The zero-order valence-corrected chi connectivity index (χ0v) is 12.9. The van der Waals surface area contributed by atoms with Crippen LogP contribution in [0.15, 0.2) is 24.3 Å². The van der Waals surface area contributed by atoms with Crippen LogP contribution in [0.25, 0.3) is 0 Å². The van der Waals surface area contributed by atoms with Crippen molar-refractivity contribution in [2.75, 3.05) is 31.1 Å². The van der Waals surface area contributed by atoms with E-state index in [-0.39, 0.29) is 0 Å². The van der Waals surface area contributed by atoms with Crippen molar-refractivity contribution in [2.45, 2.75) is 33.6 Å². The lowest BCUT2D eigenvalue weighted by atomic mass is 10.1. The topological polar surface area (TPSA) is 23.6 Å². The number of carbonyl (C=O) groups excluding carboxylic acids is 1. The quantitative estimate of drug-likeness (QED) is 0.842. The molecule has 1 aromatic carbocycles. The van der Waals surface area contributed by atoms with Crippen LogP contribution in [0.3, 0.4) is 0 Å². The first-order valence-electron chi connectivity index (χ1n) is 7.65. The van der Waals surface area contributed by atoms with Gasteiger partial charge in [0.05, 0.1) is 0 Å². The van der Waals surface area contributed by atoms with Gasteiger partial charge in [-0.2, -0.15) is 0 Å². The van der Waals surface area contributed by atoms with Gasteiger partial charge >= 0.3 is 0 Å². The van der Waals surface area contributed by atoms with Gasteiger partial charge in [-0.25, -0.2) is 0 Å². The molecule has 0 N–H and O–H groups in total. The van der Waals surface area contributed by atoms with E-state index in [0.29, 0.717) is 18.2 Å². The summed E-state index contributed by atoms with van der Waals surface area (Å²) in [6, 6.07) is 8.64. The Hall–Kier alpha value is -1.51. The monoisotopic (exact) mass is 274 g/mol. The third kappa shape index (κ3) is 3.99. The van der Waals surface area contributed by atoms with E-state index in [1.807, 2.05) is 4.90 Å². The highest BCUT2D eigenvalue weighted by molar-refractivity contribution is 5.76. The number of nitrogens with zero attached hydrogens (tertiary/aromatic N) is 2. The molecule has 1 amide bonds. The lowest BCUT2D eigenvalue weighted by Gasteiger charge is -2.36. The Morgan fingerprint density at radius 2 is 1.70 bits per heavy atom. The highest BCUT2D eigenvalue weighted by Gasteiger charge is 2.20. The molecule has 1 aliphatic rings. The van der Waals surface area contributed by atoms with Crippen molar-refractivity contribution in [3.63, 3.8) is 0 Å². The maximum absolute atomic E-state index is 12.1. The van der Waals surface area contributed by atoms with Gasteiger partial charge in [-0.05, 0) is 31.4 Å². The zero-order chi connectivity index (χ0) is 14.5. The molecule has 110 valence electrons. The van der Waals surface area contributed by atoms with Crippen LogP contribution in [0.1, 0.15) is 32.3 Å². The van der Waals surface area contributed by atoms with Crippen molar-refractivity contribution >= 4 is 11.6 Å². The predicted octanol–water partition coefficient (Wildman–Crippen LogP) is 3.08. The summed E-state index contributed by atoms with van der Waals surface area (Å²) < 4.78 is 0. The summed E-state index contributed by atoms with van der Waals surface area (Å²) in [6.45, 7) is 10.0. The van der Waals surface area contributed by atoms with Gasteiger partial charge in [0.2, 0.25) is 5.91 Å². The van der Waals surface area contributed by atoms with Gasteiger partial charge in [-0.3, -0.25) is 4.79 Å². The number of rotatable bonds is 4. The second-order valence-electron chi connectivity index (χ2n) is 6.14. The van der Waals surface area contributed by atoms with E-state index < -0.39 is 0 Å². The fourth-order valence-electron chi connectivity index (χ4n) is 2.54. The first kappa shape index (κ1) is 14.9. The van der Waals surface area contributed by atoms with E-state index in [9.17, 15) is 4.79 Å². The summed E-state index contributed by atoms with van der Waals surface area (Å²) in [7, 11) is 0. The van der Waals surface area contributed by atoms with E-state index in [0.717, 1.165) is 32.6 Å². The van der Waals surface area contributed by atoms with Gasteiger partial charge in [-0.15, -0.1) is 0 Å². The largest absolute Gasteiger partial charge is 0.368 e. The van der Waals surface area contributed by atoms with Gasteiger partial charge < -0.3 is 9.80 Å². The van der Waals surface area contributed by atoms with Gasteiger partial charge in [0.15, 0.2) is 0 Å². The Morgan fingerprint density at radius 3 is 2.25 bits per heavy atom. The fraction of sp³-hybridized carbons (Fsp3) is 0.588. The maximum Gasteiger partial charge on any atom is 0.222 e. The second-order valence-corrected chi connectivity index (χ2v) is 6.14. The van der Waals surface area contributed by atoms with Gasteiger partial charge in [0.1, 0.15) is 0 Å². The van der Waals surface area contributed by atoms with Crippen LogP contribution in [0.2, 0.25) is 0 Å². The molecule has 3 nitrogen and oxygen atoms in total. The summed E-state index contributed by atoms with van der Waals surface area (Å²) in [4.78, 5) is 16.5. The van der Waals surface area contributed by atoms with Crippen LogP contribution in [-0.4, -0.2) is 37.0 Å². The molecule has 20 heavy (non-hydrogen) atoms. The van der Waals surface area contributed by atoms with Crippen LogP contribution in [0.4, 0.5) is 5.69 Å². The van der Waals surface area contributed by atoms with Crippen molar-refractivity contribution in [3.05, 3.63) is 29.8 Å². The average molecular weight is 274 g/mol. The molecule has 0 unspecified atom stereocenters. The molecule has 0 spiro atoms. The van der Waals surface area contributed by atoms with Crippen LogP contribution < -0.4 is 4.90 Å². The number of aryl methyl sites for hydroxylation is 1. The van der Waals surface area contributed by atoms with Crippen molar-refractivity contribution < 1.29 is 4.79 Å². The lowest BCUT2D eigenvalue weighted by Crippen LogP contribution is -2.48. The minimum atomic E-state index is 0.322. The van der Waals surface area contributed by atoms with Crippen LogP contribution >= 0.6 is 0 Å². The normalized spacial score (nSPS) is 15.8. The number of carbonyl (C=O) groups is 1. The van der Waals surface area contributed by atoms with E-state index in [4.69, 9.17) is 0 Å². The molecule has 1 aliphatic heterocycles. The summed E-state index contributed by atoms with van der Waals surface area (Å²) in [5, 5.41) is 0. The van der Waals surface area contributed by atoms with Crippen molar-refractivity contribution in [1.29, 1.82) is 0 Å². The molecule has 0 bridgehead atoms. The van der Waals surface area contributed by atoms with E-state index >= 15 is 0 Å². The van der Waals surface area contributed by atoms with E-state index in [1.54, 1.807) is 0 Å². The number of benzene rings is 1. The molecule has 3 heteroatoms. The number of anilines is 1. The minimum Gasteiger partial charge on any atom is -0.368 e. The standard InChI is InChI=1S/C17H26N2O/c1-14(2)4-9-17(20)19-12-10-18(11-13-19)16-7-5-15(3)6-8-16/h5-8,14H,4,9-13H2,1-3H3. The minimum absolute atomic E-state index is 0.322. The smallest absolute Gasteiger partial charge is 0.222 e. The molecule has 1 saturated heterocycles. The Balaban J connectivity index is 1.83. The van der Waals surface area contributed by atoms with Gasteiger partial charge in [-0.1, -0.05) is 31.5 Å². The molecule has 1 aromatic rings. The van der Waals surface area contributed by atoms with Crippen LogP contribution in [-0.2, 0) is 4.79 Å². The van der Waals surface area contributed by atoms with Gasteiger partial charge in [0, 0.05) is 38.3 Å². The summed E-state index contributed by atoms with van der Waals surface area (Å²) in [5.41, 5.74) is 2.56. The Bertz CT molecular complexity index is 431.